The molecule has 0 spiro atoms. The lowest BCUT2D eigenvalue weighted by Gasteiger charge is -2.28. The Morgan fingerprint density at radius 3 is 2.67 bits per heavy atom. The molecule has 0 aromatic heterocycles. The Labute approximate surface area is 124 Å². The van der Waals surface area contributed by atoms with Crippen molar-refractivity contribution in [3.8, 4) is 0 Å². The first-order valence-electron chi connectivity index (χ1n) is 7.45. The molecule has 2 rings (SSSR count). The molecule has 2 unspecified atom stereocenters. The number of amides is 2. The van der Waals surface area contributed by atoms with E-state index in [1.54, 1.807) is 18.2 Å². The number of hydrogen-bond acceptors (Lipinski definition) is 2. The van der Waals surface area contributed by atoms with Gasteiger partial charge in [0.1, 0.15) is 0 Å². The van der Waals surface area contributed by atoms with E-state index < -0.39 is 5.97 Å². The first-order valence-corrected chi connectivity index (χ1v) is 7.45. The van der Waals surface area contributed by atoms with Gasteiger partial charge in [-0.3, -0.25) is 0 Å². The third-order valence-electron chi connectivity index (χ3n) is 4.22. The number of anilines is 1. The van der Waals surface area contributed by atoms with Crippen molar-refractivity contribution < 1.29 is 14.7 Å². The molecule has 0 heterocycles. The van der Waals surface area contributed by atoms with Gasteiger partial charge in [-0.05, 0) is 30.4 Å². The van der Waals surface area contributed by atoms with Gasteiger partial charge >= 0.3 is 12.0 Å². The zero-order valence-corrected chi connectivity index (χ0v) is 12.3. The van der Waals surface area contributed by atoms with Gasteiger partial charge in [-0.1, -0.05) is 38.3 Å². The molecule has 1 aliphatic carbocycles. The normalized spacial score (nSPS) is 21.6. The Morgan fingerprint density at radius 2 is 1.95 bits per heavy atom. The van der Waals surface area contributed by atoms with Crippen molar-refractivity contribution in [2.75, 3.05) is 11.9 Å². The number of rotatable bonds is 4. The molecule has 5 nitrogen and oxygen atoms in total. The molecule has 1 aliphatic rings. The highest BCUT2D eigenvalue weighted by Crippen LogP contribution is 2.28. The molecular formula is C16H22N2O3. The van der Waals surface area contributed by atoms with E-state index in [1.807, 2.05) is 0 Å². The summed E-state index contributed by atoms with van der Waals surface area (Å²) >= 11 is 0. The molecule has 2 atom stereocenters. The van der Waals surface area contributed by atoms with Crippen LogP contribution in [-0.2, 0) is 0 Å². The highest BCUT2D eigenvalue weighted by atomic mass is 16.4. The number of carboxylic acids is 1. The predicted molar refractivity (Wildman–Crippen MR) is 81.5 cm³/mol. The maximum Gasteiger partial charge on any atom is 0.337 e. The maximum atomic E-state index is 11.9. The van der Waals surface area contributed by atoms with Gasteiger partial charge in [0, 0.05) is 6.54 Å². The highest BCUT2D eigenvalue weighted by Gasteiger charge is 2.21. The van der Waals surface area contributed by atoms with Crippen molar-refractivity contribution in [3.05, 3.63) is 29.8 Å². The molecule has 1 aromatic carbocycles. The molecule has 3 N–H and O–H groups in total. The molecule has 1 fully saturated rings. The highest BCUT2D eigenvalue weighted by molar-refractivity contribution is 5.99. The number of urea groups is 1. The minimum Gasteiger partial charge on any atom is -0.478 e. The maximum absolute atomic E-state index is 11.9. The molecule has 0 saturated heterocycles. The lowest BCUT2D eigenvalue weighted by atomic mass is 9.80. The summed E-state index contributed by atoms with van der Waals surface area (Å²) in [6.07, 6.45) is 4.86. The number of carbonyl (C=O) groups is 2. The van der Waals surface area contributed by atoms with Gasteiger partial charge in [0.25, 0.3) is 0 Å². The van der Waals surface area contributed by atoms with Crippen molar-refractivity contribution >= 4 is 17.7 Å². The number of aromatic carboxylic acids is 1. The number of para-hydroxylation sites is 1. The van der Waals surface area contributed by atoms with Crippen LogP contribution >= 0.6 is 0 Å². The Kier molecular flexibility index (Phi) is 5.20. The van der Waals surface area contributed by atoms with Crippen LogP contribution in [0.1, 0.15) is 43.0 Å². The second-order valence-corrected chi connectivity index (χ2v) is 5.71. The van der Waals surface area contributed by atoms with Gasteiger partial charge in [-0.15, -0.1) is 0 Å². The topological polar surface area (TPSA) is 78.4 Å². The molecule has 5 heteroatoms. The van der Waals surface area contributed by atoms with E-state index in [0.29, 0.717) is 24.1 Å². The molecule has 21 heavy (non-hydrogen) atoms. The van der Waals surface area contributed by atoms with E-state index in [1.165, 1.54) is 25.3 Å². The summed E-state index contributed by atoms with van der Waals surface area (Å²) in [5.74, 6) is 0.0939. The third kappa shape index (κ3) is 4.21. The zero-order valence-electron chi connectivity index (χ0n) is 12.3. The number of carbonyl (C=O) groups excluding carboxylic acids is 1. The van der Waals surface area contributed by atoms with Crippen LogP contribution in [0.2, 0.25) is 0 Å². The average molecular weight is 290 g/mol. The molecule has 1 aromatic rings. The zero-order chi connectivity index (χ0) is 15.2. The van der Waals surface area contributed by atoms with E-state index in [9.17, 15) is 9.59 Å². The lowest BCUT2D eigenvalue weighted by Crippen LogP contribution is -2.36. The number of hydrogen-bond donors (Lipinski definition) is 3. The van der Waals surface area contributed by atoms with Crippen molar-refractivity contribution in [1.82, 2.24) is 5.32 Å². The number of benzene rings is 1. The average Bonchev–Trinajstić information content (AvgIpc) is 2.47. The van der Waals surface area contributed by atoms with Gasteiger partial charge in [-0.2, -0.15) is 0 Å². The van der Waals surface area contributed by atoms with Crippen LogP contribution in [0.25, 0.3) is 0 Å². The second-order valence-electron chi connectivity index (χ2n) is 5.71. The van der Waals surface area contributed by atoms with Gasteiger partial charge < -0.3 is 15.7 Å². The van der Waals surface area contributed by atoms with Crippen LogP contribution in [0.5, 0.6) is 0 Å². The summed E-state index contributed by atoms with van der Waals surface area (Å²) in [5, 5.41) is 14.5. The lowest BCUT2D eigenvalue weighted by molar-refractivity contribution is 0.0698. The van der Waals surface area contributed by atoms with Crippen LogP contribution < -0.4 is 10.6 Å². The van der Waals surface area contributed by atoms with E-state index >= 15 is 0 Å². The summed E-state index contributed by atoms with van der Waals surface area (Å²) in [6, 6.07) is 6.05. The van der Waals surface area contributed by atoms with Crippen LogP contribution in [-0.4, -0.2) is 23.7 Å². The predicted octanol–water partition coefficient (Wildman–Crippen LogP) is 3.33. The summed E-state index contributed by atoms with van der Waals surface area (Å²) in [5.41, 5.74) is 0.415. The number of nitrogens with one attached hydrogen (secondary N) is 2. The summed E-state index contributed by atoms with van der Waals surface area (Å²) in [4.78, 5) is 23.0. The Bertz CT molecular complexity index is 516. The monoisotopic (exact) mass is 290 g/mol. The smallest absolute Gasteiger partial charge is 0.337 e. The van der Waals surface area contributed by atoms with Gasteiger partial charge in [0.2, 0.25) is 0 Å². The largest absolute Gasteiger partial charge is 0.478 e. The van der Waals surface area contributed by atoms with Crippen LogP contribution in [0.15, 0.2) is 24.3 Å². The Hall–Kier alpha value is -2.04. The molecule has 0 radical (unpaired) electrons. The molecule has 0 aliphatic heterocycles. The number of carboxylic acid groups (broad SMARTS) is 1. The molecule has 0 bridgehead atoms. The summed E-state index contributed by atoms with van der Waals surface area (Å²) in [7, 11) is 0. The van der Waals surface area contributed by atoms with Gasteiger partial charge in [-0.25, -0.2) is 9.59 Å². The van der Waals surface area contributed by atoms with Crippen LogP contribution in [0.3, 0.4) is 0 Å². The summed E-state index contributed by atoms with van der Waals surface area (Å²) in [6.45, 7) is 2.87. The Morgan fingerprint density at radius 1 is 1.24 bits per heavy atom. The molecule has 114 valence electrons. The quantitative estimate of drug-likeness (QED) is 0.795. The second kappa shape index (κ2) is 7.11. The summed E-state index contributed by atoms with van der Waals surface area (Å²) < 4.78 is 0. The van der Waals surface area contributed by atoms with Gasteiger partial charge in [0.15, 0.2) is 0 Å². The van der Waals surface area contributed by atoms with Gasteiger partial charge in [0.05, 0.1) is 11.3 Å². The molecule has 2 amide bonds. The fourth-order valence-electron chi connectivity index (χ4n) is 2.87. The van der Waals surface area contributed by atoms with Crippen molar-refractivity contribution in [2.45, 2.75) is 32.6 Å². The van der Waals surface area contributed by atoms with Crippen molar-refractivity contribution in [1.29, 1.82) is 0 Å². The fourth-order valence-corrected chi connectivity index (χ4v) is 2.87. The van der Waals surface area contributed by atoms with E-state index in [0.717, 1.165) is 6.42 Å². The van der Waals surface area contributed by atoms with Crippen molar-refractivity contribution in [3.63, 3.8) is 0 Å². The third-order valence-corrected chi connectivity index (χ3v) is 4.22. The molecular weight excluding hydrogens is 268 g/mol. The standard InChI is InChI=1S/C16H22N2O3/c1-11-6-2-3-7-12(11)10-17-16(21)18-14-9-5-4-8-13(14)15(19)20/h4-5,8-9,11-12H,2-3,6-7,10H2,1H3,(H,19,20)(H2,17,18,21). The minimum absolute atomic E-state index is 0.0960. The van der Waals surface area contributed by atoms with E-state index in [-0.39, 0.29) is 11.6 Å². The SMILES string of the molecule is CC1CCCCC1CNC(=O)Nc1ccccc1C(=O)O. The van der Waals surface area contributed by atoms with Crippen LogP contribution in [0, 0.1) is 11.8 Å². The van der Waals surface area contributed by atoms with E-state index in [2.05, 4.69) is 17.6 Å². The first-order chi connectivity index (χ1) is 10.1. The van der Waals surface area contributed by atoms with E-state index in [4.69, 9.17) is 5.11 Å². The first kappa shape index (κ1) is 15.4. The molecule has 1 saturated carbocycles. The van der Waals surface area contributed by atoms with Crippen molar-refractivity contribution in [2.24, 2.45) is 11.8 Å². The fraction of sp³-hybridized carbons (Fsp3) is 0.500. The Balaban J connectivity index is 1.89. The minimum atomic E-state index is -1.05. The van der Waals surface area contributed by atoms with Crippen LogP contribution in [0.4, 0.5) is 10.5 Å².